The summed E-state index contributed by atoms with van der Waals surface area (Å²) < 4.78 is 4.93. The van der Waals surface area contributed by atoms with Gasteiger partial charge in [0.1, 0.15) is 0 Å². The number of hydrogen-bond donors (Lipinski definition) is 0. The smallest absolute Gasteiger partial charge is 0.0754 e. The minimum atomic E-state index is -0.473. The predicted octanol–water partition coefficient (Wildman–Crippen LogP) is 19.0. The molecule has 2 aliphatic rings. The van der Waals surface area contributed by atoms with Gasteiger partial charge in [0.15, 0.2) is 0 Å². The first-order chi connectivity index (χ1) is 37.7. The molecule has 0 radical (unpaired) electrons. The number of fused-ring (bicyclic) bond motifs is 15. The van der Waals surface area contributed by atoms with Gasteiger partial charge in [-0.3, -0.25) is 0 Å². The van der Waals surface area contributed by atoms with Gasteiger partial charge in [0.05, 0.1) is 38.9 Å². The second-order valence-corrected chi connectivity index (χ2v) is 20.3. The lowest BCUT2D eigenvalue weighted by atomic mass is 9.65. The molecule has 1 aliphatic carbocycles. The fraction of sp³-hybridized carbons (Fsp3) is 0.0137. The molecule has 1 spiro atoms. The minimum Gasteiger partial charge on any atom is -0.310 e. The summed E-state index contributed by atoms with van der Waals surface area (Å²) in [5.74, 6) is 0. The summed E-state index contributed by atoms with van der Waals surface area (Å²) in [6, 6.07) is 106. The van der Waals surface area contributed by atoms with Crippen LogP contribution in [0, 0.1) is 0 Å². The van der Waals surface area contributed by atoms with Crippen molar-refractivity contribution in [1.82, 2.24) is 9.13 Å². The van der Waals surface area contributed by atoms with Gasteiger partial charge in [-0.25, -0.2) is 0 Å². The Morgan fingerprint density at radius 2 is 0.803 bits per heavy atom. The number of anilines is 3. The number of nitrogens with zero attached hydrogens (tertiary/aromatic N) is 3. The van der Waals surface area contributed by atoms with Gasteiger partial charge in [-0.1, -0.05) is 212 Å². The molecule has 0 amide bonds. The van der Waals surface area contributed by atoms with Crippen LogP contribution in [-0.2, 0) is 5.41 Å². The first kappa shape index (κ1) is 42.5. The van der Waals surface area contributed by atoms with Gasteiger partial charge in [0, 0.05) is 44.2 Å². The molecule has 0 fully saturated rings. The van der Waals surface area contributed by atoms with Gasteiger partial charge in [-0.15, -0.1) is 0 Å². The van der Waals surface area contributed by atoms with Crippen LogP contribution in [0.1, 0.15) is 22.3 Å². The second kappa shape index (κ2) is 16.5. The zero-order valence-electron chi connectivity index (χ0n) is 41.5. The van der Waals surface area contributed by atoms with Crippen molar-refractivity contribution in [3.63, 3.8) is 0 Å². The van der Waals surface area contributed by atoms with E-state index in [2.05, 4.69) is 299 Å². The molecule has 1 aliphatic heterocycles. The van der Waals surface area contributed by atoms with E-state index in [-0.39, 0.29) is 0 Å². The van der Waals surface area contributed by atoms with E-state index in [4.69, 9.17) is 0 Å². The molecular weight excluding hydrogens is 919 g/mol. The summed E-state index contributed by atoms with van der Waals surface area (Å²) >= 11 is 0. The van der Waals surface area contributed by atoms with Crippen molar-refractivity contribution in [3.8, 4) is 55.9 Å². The maximum absolute atomic E-state index is 2.55. The zero-order chi connectivity index (χ0) is 49.9. The molecule has 76 heavy (non-hydrogen) atoms. The van der Waals surface area contributed by atoms with Gasteiger partial charge < -0.3 is 14.0 Å². The molecule has 2 aromatic heterocycles. The van der Waals surface area contributed by atoms with Crippen LogP contribution in [0.5, 0.6) is 0 Å². The van der Waals surface area contributed by atoms with Gasteiger partial charge >= 0.3 is 0 Å². The molecule has 0 bridgehead atoms. The monoisotopic (exact) mass is 965 g/mol. The largest absolute Gasteiger partial charge is 0.310 e. The number of hydrogen-bond acceptors (Lipinski definition) is 1. The normalized spacial score (nSPS) is 12.8. The predicted molar refractivity (Wildman–Crippen MR) is 317 cm³/mol. The third kappa shape index (κ3) is 5.99. The van der Waals surface area contributed by atoms with Gasteiger partial charge in [0.2, 0.25) is 0 Å². The van der Waals surface area contributed by atoms with E-state index in [0.717, 1.165) is 33.9 Å². The van der Waals surface area contributed by atoms with E-state index in [0.29, 0.717) is 0 Å². The van der Waals surface area contributed by atoms with Crippen molar-refractivity contribution in [2.75, 3.05) is 4.90 Å². The third-order valence-electron chi connectivity index (χ3n) is 16.5. The van der Waals surface area contributed by atoms with Crippen LogP contribution in [0.4, 0.5) is 17.1 Å². The molecule has 12 aromatic carbocycles. The fourth-order valence-electron chi connectivity index (χ4n) is 13.4. The maximum atomic E-state index is 2.55. The lowest BCUT2D eigenvalue weighted by Gasteiger charge is -2.39. The Balaban J connectivity index is 0.904. The lowest BCUT2D eigenvalue weighted by Crippen LogP contribution is -2.33. The first-order valence-corrected chi connectivity index (χ1v) is 26.3. The van der Waals surface area contributed by atoms with Gasteiger partial charge in [0.25, 0.3) is 0 Å². The summed E-state index contributed by atoms with van der Waals surface area (Å²) in [6.07, 6.45) is 0. The van der Waals surface area contributed by atoms with Crippen molar-refractivity contribution in [3.05, 3.63) is 307 Å². The van der Waals surface area contributed by atoms with Crippen molar-refractivity contribution in [1.29, 1.82) is 0 Å². The van der Waals surface area contributed by atoms with Crippen LogP contribution in [0.2, 0.25) is 0 Å². The molecule has 3 heteroatoms. The lowest BCUT2D eigenvalue weighted by molar-refractivity contribution is 0.748. The molecular formula is C73H47N3. The Kier molecular flexibility index (Phi) is 9.25. The Morgan fingerprint density at radius 1 is 0.276 bits per heavy atom. The molecule has 354 valence electrons. The van der Waals surface area contributed by atoms with Crippen molar-refractivity contribution in [2.24, 2.45) is 0 Å². The van der Waals surface area contributed by atoms with E-state index in [9.17, 15) is 0 Å². The molecule has 3 nitrogen and oxygen atoms in total. The number of benzene rings is 12. The average molecular weight is 966 g/mol. The number of para-hydroxylation sites is 5. The first-order valence-electron chi connectivity index (χ1n) is 26.3. The van der Waals surface area contributed by atoms with Crippen LogP contribution < -0.4 is 4.90 Å². The molecule has 0 saturated carbocycles. The highest BCUT2D eigenvalue weighted by Gasteiger charge is 2.50. The quantitative estimate of drug-likeness (QED) is 0.155. The van der Waals surface area contributed by atoms with E-state index in [1.807, 2.05) is 0 Å². The molecule has 16 rings (SSSR count). The Labute approximate surface area is 441 Å². The highest BCUT2D eigenvalue weighted by molar-refractivity contribution is 6.14. The van der Waals surface area contributed by atoms with Gasteiger partial charge in [-0.2, -0.15) is 0 Å². The van der Waals surface area contributed by atoms with E-state index >= 15 is 0 Å². The molecule has 0 unspecified atom stereocenters. The second-order valence-electron chi connectivity index (χ2n) is 20.3. The summed E-state index contributed by atoms with van der Waals surface area (Å²) in [5, 5.41) is 4.94. The standard InChI is InChI=1S/C73H47N3/c1-3-20-49(21-4-1)54-24-7-8-25-55(54)58-28-11-16-35-67(58)74(52-41-38-48(39-42-52)50-40-44-69-61(46-50)59-29-12-17-36-68(59)75(69)51-22-5-2-6-23-51)53-43-45-70-62(47-53)60-30-19-34-66-72(60)76(70)71-37-18-15-33-65(71)73(66)63-31-13-9-26-56(63)57-27-10-14-32-64(57)73/h1-47H. The van der Waals surface area contributed by atoms with Crippen LogP contribution >= 0.6 is 0 Å². The minimum absolute atomic E-state index is 0.473. The summed E-state index contributed by atoms with van der Waals surface area (Å²) in [6.45, 7) is 0. The average Bonchev–Trinajstić information content (AvgIpc) is 4.30. The van der Waals surface area contributed by atoms with Crippen molar-refractivity contribution >= 4 is 60.7 Å². The Hall–Kier alpha value is -9.96. The Morgan fingerprint density at radius 3 is 1.58 bits per heavy atom. The summed E-state index contributed by atoms with van der Waals surface area (Å²) in [7, 11) is 0. The summed E-state index contributed by atoms with van der Waals surface area (Å²) in [4.78, 5) is 2.47. The Bertz CT molecular complexity index is 4590. The van der Waals surface area contributed by atoms with Crippen molar-refractivity contribution < 1.29 is 0 Å². The molecule has 14 aromatic rings. The van der Waals surface area contributed by atoms with E-state index in [1.54, 1.807) is 0 Å². The van der Waals surface area contributed by atoms with Gasteiger partial charge in [-0.05, 0) is 134 Å². The van der Waals surface area contributed by atoms with Crippen LogP contribution in [0.25, 0.3) is 99.5 Å². The molecule has 0 atom stereocenters. The molecule has 0 N–H and O–H groups in total. The number of aromatic nitrogens is 2. The highest BCUT2D eigenvalue weighted by Crippen LogP contribution is 2.61. The van der Waals surface area contributed by atoms with E-state index < -0.39 is 5.41 Å². The van der Waals surface area contributed by atoms with Crippen LogP contribution in [0.15, 0.2) is 285 Å². The van der Waals surface area contributed by atoms with Crippen LogP contribution in [0.3, 0.4) is 0 Å². The van der Waals surface area contributed by atoms with E-state index in [1.165, 1.54) is 105 Å². The van der Waals surface area contributed by atoms with Crippen molar-refractivity contribution in [2.45, 2.75) is 5.41 Å². The summed E-state index contributed by atoms with van der Waals surface area (Å²) in [5.41, 5.74) is 25.0. The molecule has 3 heterocycles. The highest BCUT2D eigenvalue weighted by atomic mass is 15.1. The van der Waals surface area contributed by atoms with Crippen LogP contribution in [-0.4, -0.2) is 9.13 Å². The zero-order valence-corrected chi connectivity index (χ0v) is 41.5. The maximum Gasteiger partial charge on any atom is 0.0754 e. The topological polar surface area (TPSA) is 13.1 Å². The number of rotatable bonds is 7. The molecule has 0 saturated heterocycles. The fourth-order valence-corrected chi connectivity index (χ4v) is 13.4. The SMILES string of the molecule is c1ccc(-c2ccccc2-c2ccccc2N(c2ccc(-c3ccc4c(c3)c3ccccc3n4-c3ccccc3)cc2)c2ccc3c(c2)c2cccc4c2n3-c2ccccc2C42c3ccccc3-c3ccccc32)cc1. The third-order valence-corrected chi connectivity index (χ3v) is 16.5.